The molecular weight excluding hydrogens is 254 g/mol. The molecule has 0 amide bonds. The number of hydrogen-bond acceptors (Lipinski definition) is 5. The minimum absolute atomic E-state index is 0.0108. The molecule has 1 aliphatic rings. The van der Waals surface area contributed by atoms with Crippen molar-refractivity contribution in [3.05, 3.63) is 6.33 Å². The minimum Gasteiger partial charge on any atom is -0.481 e. The first-order valence-corrected chi connectivity index (χ1v) is 7.04. The Hall–Kier alpha value is -1.08. The van der Waals surface area contributed by atoms with Gasteiger partial charge in [-0.25, -0.2) is 0 Å². The van der Waals surface area contributed by atoms with Gasteiger partial charge in [-0.2, -0.15) is 0 Å². The molecule has 1 fully saturated rings. The van der Waals surface area contributed by atoms with Crippen molar-refractivity contribution in [1.82, 2.24) is 14.8 Å². The predicted octanol–water partition coefficient (Wildman–Crippen LogP) is 1.27. The maximum Gasteiger partial charge on any atom is 0.313 e. The molecule has 6 nitrogen and oxygen atoms in total. The number of ether oxygens (including phenoxy) is 1. The minimum atomic E-state index is -0.845. The van der Waals surface area contributed by atoms with Gasteiger partial charge in [-0.1, -0.05) is 11.8 Å². The van der Waals surface area contributed by atoms with Crippen LogP contribution in [0.1, 0.15) is 19.3 Å². The Morgan fingerprint density at radius 3 is 3.17 bits per heavy atom. The van der Waals surface area contributed by atoms with Gasteiger partial charge in [0.05, 0.1) is 5.75 Å². The van der Waals surface area contributed by atoms with Gasteiger partial charge in [0.15, 0.2) is 5.16 Å². The van der Waals surface area contributed by atoms with Crippen LogP contribution in [0.2, 0.25) is 0 Å². The van der Waals surface area contributed by atoms with Gasteiger partial charge in [0.1, 0.15) is 6.33 Å². The average molecular weight is 271 g/mol. The maximum absolute atomic E-state index is 10.5. The van der Waals surface area contributed by atoms with Crippen LogP contribution in [0.4, 0.5) is 0 Å². The Labute approximate surface area is 110 Å². The highest BCUT2D eigenvalue weighted by Crippen LogP contribution is 2.28. The lowest BCUT2D eigenvalue weighted by atomic mass is 10.4. The van der Waals surface area contributed by atoms with Gasteiger partial charge in [0.2, 0.25) is 0 Å². The number of carboxylic acids is 1. The zero-order valence-electron chi connectivity index (χ0n) is 10.1. The van der Waals surface area contributed by atoms with Gasteiger partial charge in [-0.15, -0.1) is 10.2 Å². The fourth-order valence-electron chi connectivity index (χ4n) is 1.51. The molecule has 1 heterocycles. The first-order valence-electron chi connectivity index (χ1n) is 6.06. The van der Waals surface area contributed by atoms with E-state index in [9.17, 15) is 4.79 Å². The van der Waals surface area contributed by atoms with Crippen LogP contribution in [0.3, 0.4) is 0 Å². The third-order valence-corrected chi connectivity index (χ3v) is 3.61. The molecule has 1 aromatic rings. The van der Waals surface area contributed by atoms with Crippen molar-refractivity contribution in [3.8, 4) is 0 Å². The normalized spacial score (nSPS) is 14.9. The van der Waals surface area contributed by atoms with Crippen LogP contribution in [-0.2, 0) is 16.1 Å². The van der Waals surface area contributed by atoms with Crippen molar-refractivity contribution in [2.75, 3.05) is 19.0 Å². The van der Waals surface area contributed by atoms with E-state index in [0.717, 1.165) is 32.1 Å². The quantitative estimate of drug-likeness (QED) is 0.538. The van der Waals surface area contributed by atoms with Crippen molar-refractivity contribution >= 4 is 17.7 Å². The van der Waals surface area contributed by atoms with Crippen molar-refractivity contribution in [2.24, 2.45) is 5.92 Å². The number of rotatable bonds is 9. The molecule has 0 aliphatic heterocycles. The van der Waals surface area contributed by atoms with E-state index in [2.05, 4.69) is 10.2 Å². The molecule has 7 heteroatoms. The molecule has 0 aromatic carbocycles. The zero-order valence-corrected chi connectivity index (χ0v) is 10.9. The van der Waals surface area contributed by atoms with Crippen LogP contribution in [0.5, 0.6) is 0 Å². The van der Waals surface area contributed by atoms with E-state index < -0.39 is 5.97 Å². The van der Waals surface area contributed by atoms with E-state index in [4.69, 9.17) is 9.84 Å². The van der Waals surface area contributed by atoms with Gasteiger partial charge in [0.25, 0.3) is 0 Å². The maximum atomic E-state index is 10.5. The summed E-state index contributed by atoms with van der Waals surface area (Å²) in [6.07, 6.45) is 5.14. The van der Waals surface area contributed by atoms with Crippen molar-refractivity contribution < 1.29 is 14.6 Å². The number of carboxylic acid groups (broad SMARTS) is 1. The van der Waals surface area contributed by atoms with Crippen LogP contribution in [-0.4, -0.2) is 44.8 Å². The molecule has 18 heavy (non-hydrogen) atoms. The van der Waals surface area contributed by atoms with Gasteiger partial charge < -0.3 is 14.4 Å². The summed E-state index contributed by atoms with van der Waals surface area (Å²) in [5.74, 6) is -0.0411. The Kier molecular flexibility index (Phi) is 5.00. The van der Waals surface area contributed by atoms with Crippen molar-refractivity contribution in [3.63, 3.8) is 0 Å². The molecule has 2 rings (SSSR count). The molecule has 1 aliphatic carbocycles. The van der Waals surface area contributed by atoms with E-state index >= 15 is 0 Å². The van der Waals surface area contributed by atoms with E-state index in [-0.39, 0.29) is 5.75 Å². The second-order valence-corrected chi connectivity index (χ2v) is 5.30. The van der Waals surface area contributed by atoms with Crippen LogP contribution in [0, 0.1) is 5.92 Å². The third kappa shape index (κ3) is 4.66. The zero-order chi connectivity index (χ0) is 12.8. The van der Waals surface area contributed by atoms with E-state index in [1.807, 2.05) is 4.57 Å². The summed E-state index contributed by atoms with van der Waals surface area (Å²) < 4.78 is 7.41. The summed E-state index contributed by atoms with van der Waals surface area (Å²) >= 11 is 1.19. The highest BCUT2D eigenvalue weighted by Gasteiger charge is 2.20. The molecule has 0 spiro atoms. The van der Waals surface area contributed by atoms with E-state index in [1.165, 1.54) is 24.6 Å². The lowest BCUT2D eigenvalue weighted by molar-refractivity contribution is -0.133. The molecular formula is C11H17N3O3S. The summed E-state index contributed by atoms with van der Waals surface area (Å²) in [5.41, 5.74) is 0. The molecule has 0 radical (unpaired) electrons. The van der Waals surface area contributed by atoms with Crippen LogP contribution < -0.4 is 0 Å². The van der Waals surface area contributed by atoms with E-state index in [1.54, 1.807) is 6.33 Å². The number of carbonyl (C=O) groups is 1. The first-order chi connectivity index (χ1) is 8.75. The molecule has 1 aromatic heterocycles. The second-order valence-electron chi connectivity index (χ2n) is 4.36. The summed E-state index contributed by atoms with van der Waals surface area (Å²) in [6.45, 7) is 2.38. The smallest absolute Gasteiger partial charge is 0.313 e. The predicted molar refractivity (Wildman–Crippen MR) is 66.5 cm³/mol. The Bertz CT molecular complexity index is 393. The Balaban J connectivity index is 1.64. The van der Waals surface area contributed by atoms with Crippen LogP contribution >= 0.6 is 11.8 Å². The first kappa shape index (κ1) is 13.4. The lowest BCUT2D eigenvalue weighted by Crippen LogP contribution is -2.06. The lowest BCUT2D eigenvalue weighted by Gasteiger charge is -2.06. The molecule has 0 saturated heterocycles. The third-order valence-electron chi connectivity index (χ3n) is 2.64. The summed E-state index contributed by atoms with van der Waals surface area (Å²) in [7, 11) is 0. The summed E-state index contributed by atoms with van der Waals surface area (Å²) in [4.78, 5) is 10.5. The highest BCUT2D eigenvalue weighted by molar-refractivity contribution is 7.99. The Morgan fingerprint density at radius 2 is 2.44 bits per heavy atom. The average Bonchev–Trinajstić information content (AvgIpc) is 3.05. The highest BCUT2D eigenvalue weighted by atomic mass is 32.2. The van der Waals surface area contributed by atoms with Crippen molar-refractivity contribution in [1.29, 1.82) is 0 Å². The molecule has 0 unspecified atom stereocenters. The molecule has 1 saturated carbocycles. The van der Waals surface area contributed by atoms with Crippen LogP contribution in [0.25, 0.3) is 0 Å². The Morgan fingerprint density at radius 1 is 1.61 bits per heavy atom. The molecule has 0 bridgehead atoms. The number of aromatic nitrogens is 3. The van der Waals surface area contributed by atoms with Gasteiger partial charge >= 0.3 is 5.97 Å². The van der Waals surface area contributed by atoms with E-state index in [0.29, 0.717) is 5.16 Å². The monoisotopic (exact) mass is 271 g/mol. The number of nitrogens with zero attached hydrogens (tertiary/aromatic N) is 3. The topological polar surface area (TPSA) is 77.2 Å². The fraction of sp³-hybridized carbons (Fsp3) is 0.727. The molecule has 0 atom stereocenters. The largest absolute Gasteiger partial charge is 0.481 e. The summed E-state index contributed by atoms with van der Waals surface area (Å²) in [5, 5.41) is 17.0. The van der Waals surface area contributed by atoms with Gasteiger partial charge in [-0.3, -0.25) is 4.79 Å². The second kappa shape index (κ2) is 6.75. The molecule has 100 valence electrons. The standard InChI is InChI=1S/C11H17N3O3S/c15-10(16)7-18-11-13-12-8-14(11)4-1-5-17-6-9-2-3-9/h8-9H,1-7H2,(H,15,16). The van der Waals surface area contributed by atoms with Gasteiger partial charge in [-0.05, 0) is 25.2 Å². The number of aryl methyl sites for hydroxylation is 1. The van der Waals surface area contributed by atoms with Crippen molar-refractivity contribution in [2.45, 2.75) is 31.0 Å². The summed E-state index contributed by atoms with van der Waals surface area (Å²) in [6, 6.07) is 0. The number of thioether (sulfide) groups is 1. The number of hydrogen-bond donors (Lipinski definition) is 1. The van der Waals surface area contributed by atoms with Crippen LogP contribution in [0.15, 0.2) is 11.5 Å². The fourth-order valence-corrected chi connectivity index (χ4v) is 2.17. The van der Waals surface area contributed by atoms with Gasteiger partial charge in [0, 0.05) is 19.8 Å². The number of aliphatic carboxylic acids is 1. The molecule has 1 N–H and O–H groups in total. The SMILES string of the molecule is O=C(O)CSc1nncn1CCCOCC1CC1.